The van der Waals surface area contributed by atoms with Crippen molar-refractivity contribution in [1.29, 1.82) is 0 Å². The maximum Gasteiger partial charge on any atom is 0.255 e. The largest absolute Gasteiger partial charge is 0.339 e. The smallest absolute Gasteiger partial charge is 0.255 e. The third-order valence-corrected chi connectivity index (χ3v) is 5.95. The van der Waals surface area contributed by atoms with Crippen LogP contribution in [0.15, 0.2) is 47.4 Å². The van der Waals surface area contributed by atoms with Crippen molar-refractivity contribution in [3.05, 3.63) is 58.6 Å². The standard InChI is InChI=1S/C19H22ClN3O4S/c1-4-23(5-2)19(25)16-11-8-14(12-17(16)20)22-18(24)13-6-9-15(10-7-13)28(26,27)21-3/h6-12,21H,4-5H2,1-3H3,(H,22,24). The monoisotopic (exact) mass is 423 g/mol. The molecular formula is C19H22ClN3O4S. The lowest BCUT2D eigenvalue weighted by molar-refractivity contribution is 0.0773. The van der Waals surface area contributed by atoms with Gasteiger partial charge in [0.25, 0.3) is 11.8 Å². The lowest BCUT2D eigenvalue weighted by atomic mass is 10.1. The van der Waals surface area contributed by atoms with E-state index in [4.69, 9.17) is 11.6 Å². The van der Waals surface area contributed by atoms with Gasteiger partial charge in [-0.3, -0.25) is 9.59 Å². The molecule has 2 rings (SSSR count). The number of rotatable bonds is 7. The summed E-state index contributed by atoms with van der Waals surface area (Å²) in [6.07, 6.45) is 0. The molecule has 9 heteroatoms. The Balaban J connectivity index is 2.16. The number of anilines is 1. The summed E-state index contributed by atoms with van der Waals surface area (Å²) in [6, 6.07) is 10.2. The predicted molar refractivity (Wildman–Crippen MR) is 109 cm³/mol. The molecule has 0 aliphatic rings. The Morgan fingerprint density at radius 1 is 1.04 bits per heavy atom. The average molecular weight is 424 g/mol. The first-order valence-electron chi connectivity index (χ1n) is 8.67. The highest BCUT2D eigenvalue weighted by atomic mass is 35.5. The summed E-state index contributed by atoms with van der Waals surface area (Å²) >= 11 is 6.23. The number of hydrogen-bond acceptors (Lipinski definition) is 4. The van der Waals surface area contributed by atoms with E-state index in [-0.39, 0.29) is 21.4 Å². The van der Waals surface area contributed by atoms with Crippen LogP contribution >= 0.6 is 11.6 Å². The van der Waals surface area contributed by atoms with Crippen molar-refractivity contribution < 1.29 is 18.0 Å². The molecule has 2 aromatic carbocycles. The highest BCUT2D eigenvalue weighted by molar-refractivity contribution is 7.89. The van der Waals surface area contributed by atoms with Gasteiger partial charge in [0.15, 0.2) is 0 Å². The summed E-state index contributed by atoms with van der Waals surface area (Å²) in [5.41, 5.74) is 1.08. The molecule has 2 aromatic rings. The molecular weight excluding hydrogens is 402 g/mol. The predicted octanol–water partition coefficient (Wildman–Crippen LogP) is 2.98. The zero-order chi connectivity index (χ0) is 20.9. The lowest BCUT2D eigenvalue weighted by Crippen LogP contribution is -2.30. The Kier molecular flexibility index (Phi) is 7.17. The van der Waals surface area contributed by atoms with Crippen LogP contribution in [0, 0.1) is 0 Å². The SMILES string of the molecule is CCN(CC)C(=O)c1ccc(NC(=O)c2ccc(S(=O)(=O)NC)cc2)cc1Cl. The number of benzene rings is 2. The summed E-state index contributed by atoms with van der Waals surface area (Å²) < 4.78 is 25.7. The number of carbonyl (C=O) groups is 2. The van der Waals surface area contributed by atoms with Crippen molar-refractivity contribution in [2.24, 2.45) is 0 Å². The van der Waals surface area contributed by atoms with Crippen LogP contribution in [0.1, 0.15) is 34.6 Å². The number of nitrogens with one attached hydrogen (secondary N) is 2. The Labute approximate surface area is 169 Å². The van der Waals surface area contributed by atoms with Gasteiger partial charge >= 0.3 is 0 Å². The van der Waals surface area contributed by atoms with Crippen LogP contribution in [0.4, 0.5) is 5.69 Å². The molecule has 0 aliphatic heterocycles. The van der Waals surface area contributed by atoms with Crippen molar-refractivity contribution in [2.75, 3.05) is 25.5 Å². The number of hydrogen-bond donors (Lipinski definition) is 2. The number of carbonyl (C=O) groups excluding carboxylic acids is 2. The van der Waals surface area contributed by atoms with E-state index < -0.39 is 15.9 Å². The van der Waals surface area contributed by atoms with Crippen molar-refractivity contribution in [1.82, 2.24) is 9.62 Å². The summed E-state index contributed by atoms with van der Waals surface area (Å²) in [6.45, 7) is 4.92. The molecule has 0 saturated carbocycles. The molecule has 0 aromatic heterocycles. The van der Waals surface area contributed by atoms with Crippen molar-refractivity contribution in [3.8, 4) is 0 Å². The van der Waals surface area contributed by atoms with Crippen LogP contribution in [-0.4, -0.2) is 45.3 Å². The minimum atomic E-state index is -3.56. The van der Waals surface area contributed by atoms with E-state index in [9.17, 15) is 18.0 Å². The zero-order valence-corrected chi connectivity index (χ0v) is 17.4. The molecule has 2 N–H and O–H groups in total. The molecule has 28 heavy (non-hydrogen) atoms. The lowest BCUT2D eigenvalue weighted by Gasteiger charge is -2.19. The molecule has 0 saturated heterocycles. The number of nitrogens with zero attached hydrogens (tertiary/aromatic N) is 1. The van der Waals surface area contributed by atoms with Gasteiger partial charge in [0.05, 0.1) is 15.5 Å². The summed E-state index contributed by atoms with van der Waals surface area (Å²) in [5.74, 6) is -0.596. The number of amides is 2. The second-order valence-corrected chi connectivity index (χ2v) is 8.15. The zero-order valence-electron chi connectivity index (χ0n) is 15.8. The molecule has 0 radical (unpaired) electrons. The van der Waals surface area contributed by atoms with Crippen LogP contribution in [-0.2, 0) is 10.0 Å². The van der Waals surface area contributed by atoms with Crippen LogP contribution in [0.2, 0.25) is 5.02 Å². The van der Waals surface area contributed by atoms with Crippen LogP contribution < -0.4 is 10.0 Å². The van der Waals surface area contributed by atoms with Gasteiger partial charge in [-0.2, -0.15) is 0 Å². The average Bonchev–Trinajstić information content (AvgIpc) is 2.69. The Morgan fingerprint density at radius 3 is 2.14 bits per heavy atom. The third kappa shape index (κ3) is 4.89. The first-order chi connectivity index (χ1) is 13.2. The van der Waals surface area contributed by atoms with E-state index >= 15 is 0 Å². The van der Waals surface area contributed by atoms with E-state index in [2.05, 4.69) is 10.0 Å². The van der Waals surface area contributed by atoms with Gasteiger partial charge in [-0.05, 0) is 63.4 Å². The second kappa shape index (κ2) is 9.18. The fourth-order valence-electron chi connectivity index (χ4n) is 2.55. The third-order valence-electron chi connectivity index (χ3n) is 4.20. The van der Waals surface area contributed by atoms with Gasteiger partial charge in [0.1, 0.15) is 0 Å². The normalized spacial score (nSPS) is 11.1. The van der Waals surface area contributed by atoms with E-state index in [1.807, 2.05) is 13.8 Å². The molecule has 0 heterocycles. The minimum absolute atomic E-state index is 0.0638. The fraction of sp³-hybridized carbons (Fsp3) is 0.263. The van der Waals surface area contributed by atoms with E-state index in [0.717, 1.165) is 0 Å². The highest BCUT2D eigenvalue weighted by Crippen LogP contribution is 2.23. The molecule has 0 fully saturated rings. The van der Waals surface area contributed by atoms with Gasteiger partial charge in [-0.1, -0.05) is 11.6 Å². The summed E-state index contributed by atoms with van der Waals surface area (Å²) in [7, 11) is -2.25. The quantitative estimate of drug-likeness (QED) is 0.715. The van der Waals surface area contributed by atoms with Gasteiger partial charge in [0.2, 0.25) is 10.0 Å². The van der Waals surface area contributed by atoms with Gasteiger partial charge in [-0.15, -0.1) is 0 Å². The van der Waals surface area contributed by atoms with Crippen LogP contribution in [0.25, 0.3) is 0 Å². The molecule has 150 valence electrons. The van der Waals surface area contributed by atoms with Crippen LogP contribution in [0.5, 0.6) is 0 Å². The molecule has 0 atom stereocenters. The second-order valence-electron chi connectivity index (χ2n) is 5.86. The first-order valence-corrected chi connectivity index (χ1v) is 10.5. The number of halogens is 1. The minimum Gasteiger partial charge on any atom is -0.339 e. The highest BCUT2D eigenvalue weighted by Gasteiger charge is 2.17. The summed E-state index contributed by atoms with van der Waals surface area (Å²) in [4.78, 5) is 26.5. The van der Waals surface area contributed by atoms with Gasteiger partial charge in [0, 0.05) is 24.3 Å². The Hall–Kier alpha value is -2.42. The van der Waals surface area contributed by atoms with Crippen molar-refractivity contribution in [3.63, 3.8) is 0 Å². The first kappa shape index (κ1) is 21.9. The van der Waals surface area contributed by atoms with E-state index in [1.165, 1.54) is 37.4 Å². The molecule has 0 bridgehead atoms. The van der Waals surface area contributed by atoms with E-state index in [1.54, 1.807) is 17.0 Å². The molecule has 0 aliphatic carbocycles. The topological polar surface area (TPSA) is 95.6 Å². The summed E-state index contributed by atoms with van der Waals surface area (Å²) in [5, 5.41) is 2.92. The maximum absolute atomic E-state index is 12.4. The molecule has 0 unspecified atom stereocenters. The number of sulfonamides is 1. The van der Waals surface area contributed by atoms with Gasteiger partial charge < -0.3 is 10.2 Å². The van der Waals surface area contributed by atoms with E-state index in [0.29, 0.717) is 24.3 Å². The molecule has 0 spiro atoms. The van der Waals surface area contributed by atoms with Crippen molar-refractivity contribution in [2.45, 2.75) is 18.7 Å². The fourth-order valence-corrected chi connectivity index (χ4v) is 3.55. The van der Waals surface area contributed by atoms with Crippen LogP contribution in [0.3, 0.4) is 0 Å². The van der Waals surface area contributed by atoms with Gasteiger partial charge in [-0.25, -0.2) is 13.1 Å². The maximum atomic E-state index is 12.4. The molecule has 7 nitrogen and oxygen atoms in total. The Bertz CT molecular complexity index is 971. The molecule has 2 amide bonds. The Morgan fingerprint density at radius 2 is 1.64 bits per heavy atom. The van der Waals surface area contributed by atoms with Crippen molar-refractivity contribution >= 4 is 39.1 Å².